The number of imide groups is 1. The normalized spacial score (nSPS) is 21.0. The first kappa shape index (κ1) is 18.2. The minimum Gasteiger partial charge on any atom is -0.322 e. The molecule has 1 saturated heterocycles. The Balaban J connectivity index is 1.67. The highest BCUT2D eigenvalue weighted by atomic mass is 16.2. The number of benzene rings is 2. The first-order valence-electron chi connectivity index (χ1n) is 9.63. The summed E-state index contributed by atoms with van der Waals surface area (Å²) in [5.41, 5.74) is 2.44. The topological polar surface area (TPSA) is 66.5 Å². The Labute approximate surface area is 164 Å². The molecule has 1 heterocycles. The third kappa shape index (κ3) is 3.03. The van der Waals surface area contributed by atoms with Crippen LogP contribution in [0.1, 0.15) is 35.7 Å². The van der Waals surface area contributed by atoms with E-state index >= 15 is 0 Å². The lowest BCUT2D eigenvalue weighted by molar-refractivity contribution is -0.122. The second kappa shape index (κ2) is 7.43. The van der Waals surface area contributed by atoms with Crippen LogP contribution in [0.4, 0.5) is 11.4 Å². The predicted octanol–water partition coefficient (Wildman–Crippen LogP) is 3.96. The van der Waals surface area contributed by atoms with Gasteiger partial charge in [-0.05, 0) is 43.0 Å². The number of anilines is 2. The second-order valence-corrected chi connectivity index (χ2v) is 7.15. The zero-order chi connectivity index (χ0) is 19.7. The summed E-state index contributed by atoms with van der Waals surface area (Å²) in [5.74, 6) is -1.41. The lowest BCUT2D eigenvalue weighted by Gasteiger charge is -2.19. The van der Waals surface area contributed by atoms with Gasteiger partial charge in [0.25, 0.3) is 5.91 Å². The first-order chi connectivity index (χ1) is 13.6. The smallest absolute Gasteiger partial charge is 0.257 e. The van der Waals surface area contributed by atoms with E-state index in [0.29, 0.717) is 24.1 Å². The molecule has 1 fully saturated rings. The standard InChI is InChI=1S/C23H22N2O3/c1-2-15-9-3-7-13-19(15)24-21(26)18-12-6-8-14-20(18)25-22(27)16-10-4-5-11-17(16)23(25)28/h3-9,12-14,16-17H,2,10-11H2,1H3,(H,24,26)/t16-,17-/m0/s1. The lowest BCUT2D eigenvalue weighted by atomic mass is 9.85. The number of para-hydroxylation sites is 2. The molecule has 2 aromatic rings. The highest BCUT2D eigenvalue weighted by Crippen LogP contribution is 2.38. The number of nitrogens with zero attached hydrogens (tertiary/aromatic N) is 1. The molecular formula is C23H22N2O3. The van der Waals surface area contributed by atoms with Crippen LogP contribution in [0.3, 0.4) is 0 Å². The molecule has 0 bridgehead atoms. The molecule has 2 aliphatic rings. The molecule has 4 rings (SSSR count). The molecule has 2 atom stereocenters. The Bertz CT molecular complexity index is 953. The number of carbonyl (C=O) groups excluding carboxylic acids is 3. The van der Waals surface area contributed by atoms with Gasteiger partial charge in [-0.2, -0.15) is 0 Å². The zero-order valence-corrected chi connectivity index (χ0v) is 15.7. The molecule has 142 valence electrons. The van der Waals surface area contributed by atoms with Gasteiger partial charge in [0.15, 0.2) is 0 Å². The molecule has 1 N–H and O–H groups in total. The van der Waals surface area contributed by atoms with Crippen molar-refractivity contribution in [1.82, 2.24) is 0 Å². The zero-order valence-electron chi connectivity index (χ0n) is 15.7. The van der Waals surface area contributed by atoms with Gasteiger partial charge in [0, 0.05) is 5.69 Å². The summed E-state index contributed by atoms with van der Waals surface area (Å²) in [6.45, 7) is 2.02. The van der Waals surface area contributed by atoms with Crippen LogP contribution < -0.4 is 10.2 Å². The SMILES string of the molecule is CCc1ccccc1NC(=O)c1ccccc1N1C(=O)[C@H]2CC=CC[C@@H]2C1=O. The second-order valence-electron chi connectivity index (χ2n) is 7.15. The Morgan fingerprint density at radius 2 is 1.57 bits per heavy atom. The van der Waals surface area contributed by atoms with Gasteiger partial charge in [0.1, 0.15) is 0 Å². The minimum atomic E-state index is -0.329. The quantitative estimate of drug-likeness (QED) is 0.651. The largest absolute Gasteiger partial charge is 0.322 e. The van der Waals surface area contributed by atoms with Gasteiger partial charge in [-0.3, -0.25) is 14.4 Å². The number of allylic oxidation sites excluding steroid dienone is 2. The van der Waals surface area contributed by atoms with Crippen LogP contribution in [0.2, 0.25) is 0 Å². The average Bonchev–Trinajstić information content (AvgIpc) is 2.99. The van der Waals surface area contributed by atoms with Crippen molar-refractivity contribution in [1.29, 1.82) is 0 Å². The monoisotopic (exact) mass is 374 g/mol. The number of hydrogen-bond donors (Lipinski definition) is 1. The summed E-state index contributed by atoms with van der Waals surface area (Å²) in [6.07, 6.45) is 5.85. The summed E-state index contributed by atoms with van der Waals surface area (Å²) < 4.78 is 0. The number of fused-ring (bicyclic) bond motifs is 1. The Morgan fingerprint density at radius 3 is 2.25 bits per heavy atom. The summed E-state index contributed by atoms with van der Waals surface area (Å²) >= 11 is 0. The maximum Gasteiger partial charge on any atom is 0.257 e. The number of rotatable bonds is 4. The summed E-state index contributed by atoms with van der Waals surface area (Å²) in [6, 6.07) is 14.4. The van der Waals surface area contributed by atoms with Crippen molar-refractivity contribution in [2.75, 3.05) is 10.2 Å². The molecule has 0 radical (unpaired) electrons. The van der Waals surface area contributed by atoms with E-state index in [2.05, 4.69) is 5.32 Å². The van der Waals surface area contributed by atoms with Crippen molar-refractivity contribution < 1.29 is 14.4 Å². The van der Waals surface area contributed by atoms with E-state index in [9.17, 15) is 14.4 Å². The van der Waals surface area contributed by atoms with E-state index < -0.39 is 0 Å². The van der Waals surface area contributed by atoms with Crippen molar-refractivity contribution >= 4 is 29.1 Å². The maximum absolute atomic E-state index is 13.0. The predicted molar refractivity (Wildman–Crippen MR) is 108 cm³/mol. The number of carbonyl (C=O) groups is 3. The van der Waals surface area contributed by atoms with Crippen LogP contribution >= 0.6 is 0 Å². The molecule has 5 heteroatoms. The number of nitrogens with one attached hydrogen (secondary N) is 1. The van der Waals surface area contributed by atoms with Crippen molar-refractivity contribution in [3.05, 3.63) is 71.8 Å². The summed E-state index contributed by atoms with van der Waals surface area (Å²) in [7, 11) is 0. The third-order valence-corrected chi connectivity index (χ3v) is 5.54. The molecule has 2 aromatic carbocycles. The Kier molecular flexibility index (Phi) is 4.82. The number of hydrogen-bond acceptors (Lipinski definition) is 3. The molecular weight excluding hydrogens is 352 g/mol. The van der Waals surface area contributed by atoms with Crippen LogP contribution in [0.15, 0.2) is 60.7 Å². The maximum atomic E-state index is 13.0. The van der Waals surface area contributed by atoms with Crippen LogP contribution in [0.5, 0.6) is 0 Å². The molecule has 28 heavy (non-hydrogen) atoms. The fourth-order valence-electron chi connectivity index (χ4n) is 4.04. The van der Waals surface area contributed by atoms with E-state index in [4.69, 9.17) is 0 Å². The van der Waals surface area contributed by atoms with Crippen LogP contribution in [0.25, 0.3) is 0 Å². The van der Waals surface area contributed by atoms with Gasteiger partial charge in [-0.1, -0.05) is 49.4 Å². The molecule has 1 aliphatic heterocycles. The van der Waals surface area contributed by atoms with Crippen LogP contribution in [-0.2, 0) is 16.0 Å². The fourth-order valence-corrected chi connectivity index (χ4v) is 4.04. The third-order valence-electron chi connectivity index (χ3n) is 5.54. The molecule has 0 spiro atoms. The van der Waals surface area contributed by atoms with Crippen molar-refractivity contribution in [3.63, 3.8) is 0 Å². The van der Waals surface area contributed by atoms with Crippen molar-refractivity contribution in [2.45, 2.75) is 26.2 Å². The van der Waals surface area contributed by atoms with Crippen molar-refractivity contribution in [2.24, 2.45) is 11.8 Å². The van der Waals surface area contributed by atoms with Gasteiger partial charge in [0.05, 0.1) is 23.1 Å². The Morgan fingerprint density at radius 1 is 0.964 bits per heavy atom. The van der Waals surface area contributed by atoms with Gasteiger partial charge >= 0.3 is 0 Å². The Hall–Kier alpha value is -3.21. The molecule has 1 aliphatic carbocycles. The molecule has 5 nitrogen and oxygen atoms in total. The summed E-state index contributed by atoms with van der Waals surface area (Å²) in [4.78, 5) is 40.1. The molecule has 0 aromatic heterocycles. The lowest BCUT2D eigenvalue weighted by Crippen LogP contribution is -2.33. The number of aryl methyl sites for hydroxylation is 1. The molecule has 3 amide bonds. The van der Waals surface area contributed by atoms with E-state index in [1.54, 1.807) is 24.3 Å². The minimum absolute atomic E-state index is 0.214. The van der Waals surface area contributed by atoms with E-state index in [1.165, 1.54) is 4.90 Å². The highest BCUT2D eigenvalue weighted by Gasteiger charge is 2.48. The van der Waals surface area contributed by atoms with Gasteiger partial charge < -0.3 is 5.32 Å². The van der Waals surface area contributed by atoms with E-state index in [1.807, 2.05) is 43.3 Å². The average molecular weight is 374 g/mol. The summed E-state index contributed by atoms with van der Waals surface area (Å²) in [5, 5.41) is 2.93. The molecule has 0 saturated carbocycles. The van der Waals surface area contributed by atoms with Gasteiger partial charge in [-0.25, -0.2) is 4.90 Å². The van der Waals surface area contributed by atoms with E-state index in [-0.39, 0.29) is 29.6 Å². The van der Waals surface area contributed by atoms with Crippen LogP contribution in [-0.4, -0.2) is 17.7 Å². The van der Waals surface area contributed by atoms with Crippen LogP contribution in [0, 0.1) is 11.8 Å². The number of amides is 3. The fraction of sp³-hybridized carbons (Fsp3) is 0.261. The highest BCUT2D eigenvalue weighted by molar-refractivity contribution is 6.25. The van der Waals surface area contributed by atoms with E-state index in [0.717, 1.165) is 17.7 Å². The molecule has 0 unspecified atom stereocenters. The van der Waals surface area contributed by atoms with Crippen molar-refractivity contribution in [3.8, 4) is 0 Å². The first-order valence-corrected chi connectivity index (χ1v) is 9.63. The van der Waals surface area contributed by atoms with Gasteiger partial charge in [-0.15, -0.1) is 0 Å². The van der Waals surface area contributed by atoms with Gasteiger partial charge in [0.2, 0.25) is 11.8 Å².